The SMILES string of the molecule is NC1CCCC2CN(C(=O)c3cccs3)CC12. The van der Waals surface area contributed by atoms with Crippen LogP contribution in [0.3, 0.4) is 0 Å². The summed E-state index contributed by atoms with van der Waals surface area (Å²) in [6, 6.07) is 4.15. The van der Waals surface area contributed by atoms with Gasteiger partial charge in [0.1, 0.15) is 0 Å². The number of fused-ring (bicyclic) bond motifs is 1. The highest BCUT2D eigenvalue weighted by Gasteiger charge is 2.40. The summed E-state index contributed by atoms with van der Waals surface area (Å²) in [5.41, 5.74) is 6.17. The number of rotatable bonds is 1. The third-order valence-electron chi connectivity index (χ3n) is 4.17. The molecule has 1 saturated heterocycles. The van der Waals surface area contributed by atoms with E-state index in [1.165, 1.54) is 24.2 Å². The van der Waals surface area contributed by atoms with Crippen molar-refractivity contribution in [3.63, 3.8) is 0 Å². The molecule has 1 aromatic rings. The number of hydrogen-bond acceptors (Lipinski definition) is 3. The van der Waals surface area contributed by atoms with Crippen molar-refractivity contribution in [3.8, 4) is 0 Å². The summed E-state index contributed by atoms with van der Waals surface area (Å²) in [7, 11) is 0. The van der Waals surface area contributed by atoms with Crippen LogP contribution in [0, 0.1) is 11.8 Å². The molecule has 1 aliphatic carbocycles. The Hall–Kier alpha value is -0.870. The summed E-state index contributed by atoms with van der Waals surface area (Å²) in [5, 5.41) is 1.96. The van der Waals surface area contributed by atoms with Crippen molar-refractivity contribution in [2.75, 3.05) is 13.1 Å². The second kappa shape index (κ2) is 4.42. The van der Waals surface area contributed by atoms with E-state index < -0.39 is 0 Å². The minimum Gasteiger partial charge on any atom is -0.337 e. The highest BCUT2D eigenvalue weighted by Crippen LogP contribution is 2.36. The zero-order valence-electron chi connectivity index (χ0n) is 9.84. The first-order valence-electron chi connectivity index (χ1n) is 6.34. The van der Waals surface area contributed by atoms with E-state index in [9.17, 15) is 4.79 Å². The first kappa shape index (κ1) is 11.2. The zero-order chi connectivity index (χ0) is 11.8. The molecule has 2 fully saturated rings. The van der Waals surface area contributed by atoms with Crippen LogP contribution in [0.25, 0.3) is 0 Å². The summed E-state index contributed by atoms with van der Waals surface area (Å²) >= 11 is 1.53. The van der Waals surface area contributed by atoms with Gasteiger partial charge in [0, 0.05) is 19.1 Å². The van der Waals surface area contributed by atoms with Gasteiger partial charge in [-0.15, -0.1) is 11.3 Å². The lowest BCUT2D eigenvalue weighted by molar-refractivity contribution is 0.0788. The van der Waals surface area contributed by atoms with Gasteiger partial charge in [-0.25, -0.2) is 0 Å². The van der Waals surface area contributed by atoms with Gasteiger partial charge in [0.25, 0.3) is 5.91 Å². The molecule has 1 saturated carbocycles. The molecule has 92 valence electrons. The summed E-state index contributed by atoms with van der Waals surface area (Å²) in [6.07, 6.45) is 3.60. The number of hydrogen-bond donors (Lipinski definition) is 1. The highest BCUT2D eigenvalue weighted by atomic mass is 32.1. The molecule has 2 heterocycles. The highest BCUT2D eigenvalue weighted by molar-refractivity contribution is 7.12. The standard InChI is InChI=1S/C13H18N2OS/c14-11-4-1-3-9-7-15(8-10(9)11)13(16)12-5-2-6-17-12/h2,5-6,9-11H,1,3-4,7-8,14H2. The van der Waals surface area contributed by atoms with Crippen LogP contribution in [0.15, 0.2) is 17.5 Å². The third-order valence-corrected chi connectivity index (χ3v) is 5.03. The molecule has 4 heteroatoms. The van der Waals surface area contributed by atoms with E-state index in [-0.39, 0.29) is 5.91 Å². The minimum atomic E-state index is 0.196. The van der Waals surface area contributed by atoms with Crippen LogP contribution in [0.1, 0.15) is 28.9 Å². The molecule has 0 bridgehead atoms. The van der Waals surface area contributed by atoms with E-state index in [1.54, 1.807) is 0 Å². The van der Waals surface area contributed by atoms with E-state index >= 15 is 0 Å². The topological polar surface area (TPSA) is 46.3 Å². The lowest BCUT2D eigenvalue weighted by Crippen LogP contribution is -2.38. The van der Waals surface area contributed by atoms with E-state index in [2.05, 4.69) is 0 Å². The average Bonchev–Trinajstić information content (AvgIpc) is 2.98. The van der Waals surface area contributed by atoms with Crippen LogP contribution in [-0.2, 0) is 0 Å². The van der Waals surface area contributed by atoms with Crippen molar-refractivity contribution >= 4 is 17.2 Å². The van der Waals surface area contributed by atoms with Crippen molar-refractivity contribution in [3.05, 3.63) is 22.4 Å². The van der Waals surface area contributed by atoms with E-state index in [4.69, 9.17) is 5.73 Å². The molecule has 0 spiro atoms. The quantitative estimate of drug-likeness (QED) is 0.828. The lowest BCUT2D eigenvalue weighted by atomic mass is 9.78. The van der Waals surface area contributed by atoms with Crippen molar-refractivity contribution in [2.24, 2.45) is 17.6 Å². The number of likely N-dealkylation sites (tertiary alicyclic amines) is 1. The van der Waals surface area contributed by atoms with Crippen molar-refractivity contribution in [1.29, 1.82) is 0 Å². The lowest BCUT2D eigenvalue weighted by Gasteiger charge is -2.29. The molecule has 1 amide bonds. The van der Waals surface area contributed by atoms with Crippen LogP contribution >= 0.6 is 11.3 Å². The largest absolute Gasteiger partial charge is 0.337 e. The van der Waals surface area contributed by atoms with Crippen molar-refractivity contribution in [1.82, 2.24) is 4.90 Å². The monoisotopic (exact) mass is 250 g/mol. The summed E-state index contributed by atoms with van der Waals surface area (Å²) in [5.74, 6) is 1.37. The first-order chi connectivity index (χ1) is 8.25. The van der Waals surface area contributed by atoms with E-state index in [0.717, 1.165) is 24.4 Å². The number of nitrogens with zero attached hydrogens (tertiary/aromatic N) is 1. The van der Waals surface area contributed by atoms with Gasteiger partial charge in [-0.05, 0) is 36.1 Å². The van der Waals surface area contributed by atoms with Gasteiger partial charge in [-0.1, -0.05) is 12.5 Å². The molecule has 3 nitrogen and oxygen atoms in total. The molecule has 1 aromatic heterocycles. The van der Waals surface area contributed by atoms with Crippen molar-refractivity contribution in [2.45, 2.75) is 25.3 Å². The maximum Gasteiger partial charge on any atom is 0.263 e. The van der Waals surface area contributed by atoms with Crippen LogP contribution in [0.4, 0.5) is 0 Å². The maximum absolute atomic E-state index is 12.3. The van der Waals surface area contributed by atoms with Crippen LogP contribution < -0.4 is 5.73 Å². The van der Waals surface area contributed by atoms with Crippen molar-refractivity contribution < 1.29 is 4.79 Å². The predicted octanol–water partition coefficient (Wildman–Crippen LogP) is 1.95. The third kappa shape index (κ3) is 2.00. The smallest absolute Gasteiger partial charge is 0.263 e. The molecule has 3 atom stereocenters. The molecular formula is C13H18N2OS. The number of carbonyl (C=O) groups excluding carboxylic acids is 1. The second-order valence-electron chi connectivity index (χ2n) is 5.21. The van der Waals surface area contributed by atoms with E-state index in [0.29, 0.717) is 17.9 Å². The Bertz CT molecular complexity index is 404. The van der Waals surface area contributed by atoms with Gasteiger partial charge < -0.3 is 10.6 Å². The predicted molar refractivity (Wildman–Crippen MR) is 69.0 cm³/mol. The minimum absolute atomic E-state index is 0.196. The molecule has 17 heavy (non-hydrogen) atoms. The van der Waals surface area contributed by atoms with Gasteiger partial charge in [-0.2, -0.15) is 0 Å². The Morgan fingerprint density at radius 3 is 3.00 bits per heavy atom. The molecule has 1 aliphatic heterocycles. The Morgan fingerprint density at radius 2 is 2.29 bits per heavy atom. The average molecular weight is 250 g/mol. The Labute approximate surface area is 106 Å². The first-order valence-corrected chi connectivity index (χ1v) is 7.22. The van der Waals surface area contributed by atoms with Gasteiger partial charge in [-0.3, -0.25) is 4.79 Å². The van der Waals surface area contributed by atoms with E-state index in [1.807, 2.05) is 22.4 Å². The van der Waals surface area contributed by atoms with Gasteiger partial charge in [0.2, 0.25) is 0 Å². The molecule has 2 N–H and O–H groups in total. The maximum atomic E-state index is 12.3. The fraction of sp³-hybridized carbons (Fsp3) is 0.615. The molecule has 0 radical (unpaired) electrons. The van der Waals surface area contributed by atoms with Gasteiger partial charge >= 0.3 is 0 Å². The Morgan fingerprint density at radius 1 is 1.41 bits per heavy atom. The fourth-order valence-electron chi connectivity index (χ4n) is 3.24. The van der Waals surface area contributed by atoms with Crippen LogP contribution in [0.5, 0.6) is 0 Å². The second-order valence-corrected chi connectivity index (χ2v) is 6.15. The molecule has 0 aromatic carbocycles. The molecule has 3 unspecified atom stereocenters. The number of carbonyl (C=O) groups is 1. The summed E-state index contributed by atoms with van der Waals surface area (Å²) < 4.78 is 0. The zero-order valence-corrected chi connectivity index (χ0v) is 10.7. The van der Waals surface area contributed by atoms with Crippen LogP contribution in [-0.4, -0.2) is 29.9 Å². The number of thiophene rings is 1. The Balaban J connectivity index is 1.73. The fourth-order valence-corrected chi connectivity index (χ4v) is 3.93. The molecular weight excluding hydrogens is 232 g/mol. The van der Waals surface area contributed by atoms with Gasteiger partial charge in [0.15, 0.2) is 0 Å². The summed E-state index contributed by atoms with van der Waals surface area (Å²) in [6.45, 7) is 1.78. The Kier molecular flexibility index (Phi) is 2.92. The normalized spacial score (nSPS) is 32.5. The number of nitrogens with two attached hydrogens (primary N) is 1. The van der Waals surface area contributed by atoms with Crippen LogP contribution in [0.2, 0.25) is 0 Å². The molecule has 2 aliphatic rings. The number of amides is 1. The van der Waals surface area contributed by atoms with Gasteiger partial charge in [0.05, 0.1) is 4.88 Å². The summed E-state index contributed by atoms with van der Waals surface area (Å²) in [4.78, 5) is 15.1. The molecule has 3 rings (SSSR count).